The molecule has 1 aliphatic heterocycles. The van der Waals surface area contributed by atoms with Crippen LogP contribution in [-0.2, 0) is 21.4 Å². The van der Waals surface area contributed by atoms with Crippen molar-refractivity contribution in [3.8, 4) is 17.1 Å². The van der Waals surface area contributed by atoms with Crippen LogP contribution in [-0.4, -0.2) is 43.4 Å². The fourth-order valence-corrected chi connectivity index (χ4v) is 4.22. The summed E-state index contributed by atoms with van der Waals surface area (Å²) in [6.45, 7) is 3.69. The number of aryl methyl sites for hydroxylation is 2. The van der Waals surface area contributed by atoms with Gasteiger partial charge in [-0.2, -0.15) is 4.98 Å². The molecule has 0 aliphatic carbocycles. The molecular weight excluding hydrogens is 420 g/mol. The third-order valence-electron chi connectivity index (χ3n) is 4.83. The number of sulfonamides is 1. The van der Waals surface area contributed by atoms with Gasteiger partial charge in [0.1, 0.15) is 5.75 Å². The van der Waals surface area contributed by atoms with E-state index < -0.39 is 22.0 Å². The number of ether oxygens (including phenoxy) is 1. The molecule has 0 unspecified atom stereocenters. The number of carbonyl (C=O) groups is 1. The van der Waals surface area contributed by atoms with Gasteiger partial charge in [0.05, 0.1) is 25.0 Å². The zero-order chi connectivity index (χ0) is 22.2. The normalized spacial score (nSPS) is 15.8. The standard InChI is InChI=1S/C21H22N4O5S/c1-13-5-4-6-15(9-13)20-23-19(30-24-20)11-22-21(26)18-12-25(31(3,27)28)16-10-14(2)7-8-17(16)29-18/h4-10,18H,11-12H2,1-3H3,(H,22,26)/t18-/m0/s1. The van der Waals surface area contributed by atoms with E-state index in [2.05, 4.69) is 15.5 Å². The molecule has 1 atom stereocenters. The van der Waals surface area contributed by atoms with Crippen LogP contribution in [0, 0.1) is 13.8 Å². The van der Waals surface area contributed by atoms with Gasteiger partial charge in [0.2, 0.25) is 21.7 Å². The van der Waals surface area contributed by atoms with E-state index in [4.69, 9.17) is 9.26 Å². The van der Waals surface area contributed by atoms with E-state index in [-0.39, 0.29) is 19.0 Å². The summed E-state index contributed by atoms with van der Waals surface area (Å²) in [5, 5.41) is 6.62. The van der Waals surface area contributed by atoms with Crippen molar-refractivity contribution < 1.29 is 22.5 Å². The minimum absolute atomic E-state index is 0.00284. The lowest BCUT2D eigenvalue weighted by Crippen LogP contribution is -2.50. The summed E-state index contributed by atoms with van der Waals surface area (Å²) in [6.07, 6.45) is 0.0917. The number of benzene rings is 2. The van der Waals surface area contributed by atoms with E-state index in [9.17, 15) is 13.2 Å². The summed E-state index contributed by atoms with van der Waals surface area (Å²) >= 11 is 0. The smallest absolute Gasteiger partial charge is 0.263 e. The SMILES string of the molecule is Cc1cccc(-c2noc(CNC(=O)[C@@H]3CN(S(C)(=O)=O)c4cc(C)ccc4O3)n2)c1. The molecule has 1 N–H and O–H groups in total. The van der Waals surface area contributed by atoms with Crippen LogP contribution in [0.4, 0.5) is 5.69 Å². The van der Waals surface area contributed by atoms with E-state index in [0.29, 0.717) is 17.3 Å². The van der Waals surface area contributed by atoms with E-state index in [1.54, 1.807) is 18.2 Å². The van der Waals surface area contributed by atoms with E-state index in [1.165, 1.54) is 4.31 Å². The minimum atomic E-state index is -3.59. The highest BCUT2D eigenvalue weighted by Gasteiger charge is 2.35. The van der Waals surface area contributed by atoms with Gasteiger partial charge in [0.25, 0.3) is 5.91 Å². The molecule has 31 heavy (non-hydrogen) atoms. The molecule has 2 aromatic carbocycles. The summed E-state index contributed by atoms with van der Waals surface area (Å²) in [7, 11) is -3.59. The second kappa shape index (κ2) is 8.03. The van der Waals surface area contributed by atoms with Gasteiger partial charge >= 0.3 is 0 Å². The van der Waals surface area contributed by atoms with Crippen molar-refractivity contribution in [3.05, 3.63) is 59.5 Å². The van der Waals surface area contributed by atoms with Crippen LogP contribution in [0.1, 0.15) is 17.0 Å². The number of hydrogen-bond donors (Lipinski definition) is 1. The lowest BCUT2D eigenvalue weighted by molar-refractivity contribution is -0.128. The Morgan fingerprint density at radius 3 is 2.71 bits per heavy atom. The first-order valence-electron chi connectivity index (χ1n) is 9.63. The number of carbonyl (C=O) groups excluding carboxylic acids is 1. The molecule has 2 heterocycles. The predicted octanol–water partition coefficient (Wildman–Crippen LogP) is 2.20. The van der Waals surface area contributed by atoms with Gasteiger partial charge in [-0.25, -0.2) is 8.42 Å². The summed E-state index contributed by atoms with van der Waals surface area (Å²) in [6, 6.07) is 12.8. The Hall–Kier alpha value is -3.40. The van der Waals surface area contributed by atoms with Crippen molar-refractivity contribution >= 4 is 21.6 Å². The van der Waals surface area contributed by atoms with Crippen molar-refractivity contribution in [2.75, 3.05) is 17.1 Å². The van der Waals surface area contributed by atoms with Crippen LogP contribution in [0.15, 0.2) is 47.0 Å². The van der Waals surface area contributed by atoms with Crippen LogP contribution >= 0.6 is 0 Å². The maximum Gasteiger partial charge on any atom is 0.263 e. The summed E-state index contributed by atoms with van der Waals surface area (Å²) < 4.78 is 36.7. The number of fused-ring (bicyclic) bond motifs is 1. The molecule has 0 spiro atoms. The van der Waals surface area contributed by atoms with Gasteiger partial charge in [-0.15, -0.1) is 0 Å². The van der Waals surface area contributed by atoms with Gasteiger partial charge in [-0.05, 0) is 37.6 Å². The number of aromatic nitrogens is 2. The Morgan fingerprint density at radius 1 is 1.19 bits per heavy atom. The molecule has 3 aromatic rings. The molecule has 1 aromatic heterocycles. The molecule has 0 saturated heterocycles. The lowest BCUT2D eigenvalue weighted by Gasteiger charge is -2.34. The Labute approximate surface area is 180 Å². The molecule has 1 amide bonds. The van der Waals surface area contributed by atoms with E-state index in [1.807, 2.05) is 38.1 Å². The quantitative estimate of drug-likeness (QED) is 0.644. The largest absolute Gasteiger partial charge is 0.476 e. The van der Waals surface area contributed by atoms with Gasteiger partial charge in [-0.3, -0.25) is 9.10 Å². The fourth-order valence-electron chi connectivity index (χ4n) is 3.32. The number of nitrogens with zero attached hydrogens (tertiary/aromatic N) is 3. The second-order valence-electron chi connectivity index (χ2n) is 7.47. The Morgan fingerprint density at radius 2 is 1.97 bits per heavy atom. The number of rotatable bonds is 5. The van der Waals surface area contributed by atoms with Gasteiger partial charge in [-0.1, -0.05) is 35.0 Å². The van der Waals surface area contributed by atoms with Crippen molar-refractivity contribution in [2.45, 2.75) is 26.5 Å². The molecule has 4 rings (SSSR count). The molecule has 0 radical (unpaired) electrons. The highest BCUT2D eigenvalue weighted by Crippen LogP contribution is 2.35. The maximum absolute atomic E-state index is 12.7. The molecule has 0 bridgehead atoms. The summed E-state index contributed by atoms with van der Waals surface area (Å²) in [5.74, 6) is 0.517. The van der Waals surface area contributed by atoms with Crippen LogP contribution in [0.5, 0.6) is 5.75 Å². The third kappa shape index (κ3) is 4.53. The molecule has 9 nitrogen and oxygen atoms in total. The van der Waals surface area contributed by atoms with Gasteiger partial charge in [0.15, 0.2) is 6.10 Å². The second-order valence-corrected chi connectivity index (χ2v) is 9.38. The molecule has 0 saturated carbocycles. The van der Waals surface area contributed by atoms with Crippen molar-refractivity contribution in [1.82, 2.24) is 15.5 Å². The third-order valence-corrected chi connectivity index (χ3v) is 5.98. The van der Waals surface area contributed by atoms with Crippen LogP contribution in [0.2, 0.25) is 0 Å². The number of amides is 1. The first kappa shape index (κ1) is 20.9. The summed E-state index contributed by atoms with van der Waals surface area (Å²) in [5.41, 5.74) is 3.19. The predicted molar refractivity (Wildman–Crippen MR) is 114 cm³/mol. The molecule has 10 heteroatoms. The molecular formula is C21H22N4O5S. The van der Waals surface area contributed by atoms with Crippen LogP contribution in [0.3, 0.4) is 0 Å². The Balaban J connectivity index is 1.46. The average Bonchev–Trinajstić information content (AvgIpc) is 3.19. The molecule has 1 aliphatic rings. The topological polar surface area (TPSA) is 115 Å². The van der Waals surface area contributed by atoms with Crippen LogP contribution < -0.4 is 14.4 Å². The monoisotopic (exact) mass is 442 g/mol. The number of hydrogen-bond acceptors (Lipinski definition) is 7. The zero-order valence-electron chi connectivity index (χ0n) is 17.3. The average molecular weight is 442 g/mol. The molecule has 162 valence electrons. The lowest BCUT2D eigenvalue weighted by atomic mass is 10.1. The maximum atomic E-state index is 12.7. The Bertz CT molecular complexity index is 1240. The highest BCUT2D eigenvalue weighted by molar-refractivity contribution is 7.92. The highest BCUT2D eigenvalue weighted by atomic mass is 32.2. The van der Waals surface area contributed by atoms with Crippen LogP contribution in [0.25, 0.3) is 11.4 Å². The molecule has 0 fully saturated rings. The van der Waals surface area contributed by atoms with Crippen molar-refractivity contribution in [3.63, 3.8) is 0 Å². The fraction of sp³-hybridized carbons (Fsp3) is 0.286. The minimum Gasteiger partial charge on any atom is -0.476 e. The first-order valence-corrected chi connectivity index (χ1v) is 11.5. The first-order chi connectivity index (χ1) is 14.7. The van der Waals surface area contributed by atoms with Crippen molar-refractivity contribution in [2.24, 2.45) is 0 Å². The van der Waals surface area contributed by atoms with Gasteiger partial charge in [0, 0.05) is 5.56 Å². The number of nitrogens with one attached hydrogen (secondary N) is 1. The van der Waals surface area contributed by atoms with Gasteiger partial charge < -0.3 is 14.6 Å². The summed E-state index contributed by atoms with van der Waals surface area (Å²) in [4.78, 5) is 17.0. The number of anilines is 1. The van der Waals surface area contributed by atoms with E-state index in [0.717, 1.165) is 22.9 Å². The zero-order valence-corrected chi connectivity index (χ0v) is 18.1. The van der Waals surface area contributed by atoms with Crippen molar-refractivity contribution in [1.29, 1.82) is 0 Å². The van der Waals surface area contributed by atoms with E-state index >= 15 is 0 Å². The Kier molecular flexibility index (Phi) is 5.40.